The molecule has 0 radical (unpaired) electrons. The lowest BCUT2D eigenvalue weighted by Crippen LogP contribution is -2.03. The van der Waals surface area contributed by atoms with Crippen molar-refractivity contribution >= 4 is 33.3 Å². The average molecular weight is 305 g/mol. The zero-order valence-corrected chi connectivity index (χ0v) is 10.5. The van der Waals surface area contributed by atoms with E-state index in [9.17, 15) is 4.39 Å². The van der Waals surface area contributed by atoms with Gasteiger partial charge in [0.15, 0.2) is 5.82 Å². The Morgan fingerprint density at radius 2 is 2.25 bits per heavy atom. The van der Waals surface area contributed by atoms with Crippen molar-refractivity contribution in [2.24, 2.45) is 0 Å². The highest BCUT2D eigenvalue weighted by Crippen LogP contribution is 2.19. The van der Waals surface area contributed by atoms with Crippen LogP contribution in [0.5, 0.6) is 0 Å². The van der Waals surface area contributed by atoms with Gasteiger partial charge in [-0.2, -0.15) is 5.10 Å². The minimum absolute atomic E-state index is 0.247. The van der Waals surface area contributed by atoms with E-state index in [1.54, 1.807) is 18.3 Å². The highest BCUT2D eigenvalue weighted by atomic mass is 79.9. The van der Waals surface area contributed by atoms with Crippen LogP contribution in [0.15, 0.2) is 28.9 Å². The molecule has 2 rings (SSSR count). The summed E-state index contributed by atoms with van der Waals surface area (Å²) in [6.45, 7) is 0.294. The van der Waals surface area contributed by atoms with Gasteiger partial charge >= 0.3 is 0 Å². The summed E-state index contributed by atoms with van der Waals surface area (Å²) in [6.07, 6.45) is 1.57. The molecule has 0 fully saturated rings. The highest BCUT2D eigenvalue weighted by molar-refractivity contribution is 9.10. The number of halogens is 3. The van der Waals surface area contributed by atoms with Gasteiger partial charge in [-0.1, -0.05) is 27.5 Å². The van der Waals surface area contributed by atoms with Crippen molar-refractivity contribution < 1.29 is 4.39 Å². The quantitative estimate of drug-likeness (QED) is 0.926. The van der Waals surface area contributed by atoms with Crippen LogP contribution in [0.4, 0.5) is 10.2 Å². The Balaban J connectivity index is 2.29. The Morgan fingerprint density at radius 1 is 1.50 bits per heavy atom. The number of benzene rings is 1. The zero-order chi connectivity index (χ0) is 11.7. The molecule has 0 saturated heterocycles. The number of nitrogen functional groups attached to an aromatic ring is 1. The molecule has 0 atom stereocenters. The largest absolute Gasteiger partial charge is 0.381 e. The third kappa shape index (κ3) is 2.36. The van der Waals surface area contributed by atoms with Gasteiger partial charge in [0.1, 0.15) is 10.8 Å². The average Bonchev–Trinajstić information content (AvgIpc) is 2.52. The lowest BCUT2D eigenvalue weighted by atomic mass is 10.2. The molecule has 0 spiro atoms. The predicted molar refractivity (Wildman–Crippen MR) is 64.9 cm³/mol. The van der Waals surface area contributed by atoms with Crippen molar-refractivity contribution in [1.29, 1.82) is 0 Å². The van der Waals surface area contributed by atoms with Crippen LogP contribution in [0.1, 0.15) is 5.56 Å². The molecule has 1 aromatic heterocycles. The topological polar surface area (TPSA) is 43.8 Å². The minimum atomic E-state index is -0.284. The van der Waals surface area contributed by atoms with E-state index in [4.69, 9.17) is 17.3 Å². The second-order valence-corrected chi connectivity index (χ2v) is 4.62. The second kappa shape index (κ2) is 4.43. The van der Waals surface area contributed by atoms with Gasteiger partial charge in [0.2, 0.25) is 0 Å². The van der Waals surface area contributed by atoms with Gasteiger partial charge in [-0.05, 0) is 18.2 Å². The van der Waals surface area contributed by atoms with Gasteiger partial charge in [-0.15, -0.1) is 0 Å². The minimum Gasteiger partial charge on any atom is -0.381 e. The molecule has 1 heterocycles. The highest BCUT2D eigenvalue weighted by Gasteiger charge is 2.07. The Labute approximate surface area is 105 Å². The van der Waals surface area contributed by atoms with Gasteiger partial charge in [0, 0.05) is 16.2 Å². The summed E-state index contributed by atoms with van der Waals surface area (Å²) in [4.78, 5) is 0. The molecule has 2 aromatic rings. The fourth-order valence-corrected chi connectivity index (χ4v) is 1.89. The van der Waals surface area contributed by atoms with Crippen LogP contribution in [-0.4, -0.2) is 9.78 Å². The van der Waals surface area contributed by atoms with Crippen LogP contribution >= 0.6 is 27.5 Å². The van der Waals surface area contributed by atoms with Crippen LogP contribution in [-0.2, 0) is 6.54 Å². The molecule has 16 heavy (non-hydrogen) atoms. The van der Waals surface area contributed by atoms with Crippen molar-refractivity contribution in [3.63, 3.8) is 0 Å². The molecule has 0 saturated carbocycles. The first-order valence-corrected chi connectivity index (χ1v) is 5.65. The molecule has 0 aliphatic heterocycles. The smallest absolute Gasteiger partial charge is 0.164 e. The van der Waals surface area contributed by atoms with Crippen molar-refractivity contribution in [3.8, 4) is 0 Å². The zero-order valence-electron chi connectivity index (χ0n) is 8.12. The van der Waals surface area contributed by atoms with E-state index in [2.05, 4.69) is 21.0 Å². The van der Waals surface area contributed by atoms with E-state index < -0.39 is 0 Å². The molecule has 1 aromatic carbocycles. The molecular weight excluding hydrogens is 296 g/mol. The SMILES string of the molecule is Nc1nn(Cc2cc(Br)ccc2F)cc1Cl. The van der Waals surface area contributed by atoms with Crippen LogP contribution in [0.3, 0.4) is 0 Å². The lowest BCUT2D eigenvalue weighted by molar-refractivity contribution is 0.585. The second-order valence-electron chi connectivity index (χ2n) is 3.30. The molecular formula is C10H8BrClFN3. The number of aromatic nitrogens is 2. The molecule has 0 unspecified atom stereocenters. The van der Waals surface area contributed by atoms with Crippen molar-refractivity contribution in [2.45, 2.75) is 6.54 Å². The summed E-state index contributed by atoms with van der Waals surface area (Å²) < 4.78 is 15.8. The first-order valence-electron chi connectivity index (χ1n) is 4.48. The fourth-order valence-electron chi connectivity index (χ4n) is 1.33. The van der Waals surface area contributed by atoms with Crippen LogP contribution in [0, 0.1) is 5.82 Å². The standard InChI is InChI=1S/C10H8BrClFN3/c11-7-1-2-9(13)6(3-7)4-16-5-8(12)10(14)15-16/h1-3,5H,4H2,(H2,14,15). The Kier molecular flexibility index (Phi) is 3.16. The Morgan fingerprint density at radius 3 is 2.88 bits per heavy atom. The van der Waals surface area contributed by atoms with Crippen molar-refractivity contribution in [2.75, 3.05) is 5.73 Å². The van der Waals surface area contributed by atoms with Crippen molar-refractivity contribution in [3.05, 3.63) is 45.3 Å². The summed E-state index contributed by atoms with van der Waals surface area (Å²) in [5.74, 6) is -0.0366. The van der Waals surface area contributed by atoms with Crippen LogP contribution in [0.2, 0.25) is 5.02 Å². The third-order valence-corrected chi connectivity index (χ3v) is 2.87. The van der Waals surface area contributed by atoms with Gasteiger partial charge in [0.25, 0.3) is 0 Å². The summed E-state index contributed by atoms with van der Waals surface area (Å²) in [5, 5.41) is 4.33. The van der Waals surface area contributed by atoms with E-state index in [1.165, 1.54) is 10.7 Å². The summed E-state index contributed by atoms with van der Waals surface area (Å²) in [6, 6.07) is 4.73. The summed E-state index contributed by atoms with van der Waals surface area (Å²) in [5.41, 5.74) is 6.02. The molecule has 0 aliphatic carbocycles. The molecule has 3 nitrogen and oxygen atoms in total. The third-order valence-electron chi connectivity index (χ3n) is 2.08. The normalized spacial score (nSPS) is 10.7. The number of nitrogens with two attached hydrogens (primary N) is 1. The van der Waals surface area contributed by atoms with Crippen LogP contribution in [0.25, 0.3) is 0 Å². The summed E-state index contributed by atoms with van der Waals surface area (Å²) >= 11 is 9.04. The number of nitrogens with zero attached hydrogens (tertiary/aromatic N) is 2. The maximum atomic E-state index is 13.4. The van der Waals surface area contributed by atoms with Gasteiger partial charge in [-0.25, -0.2) is 4.39 Å². The number of anilines is 1. The van der Waals surface area contributed by atoms with E-state index in [0.29, 0.717) is 17.1 Å². The van der Waals surface area contributed by atoms with Crippen LogP contribution < -0.4 is 5.73 Å². The lowest BCUT2D eigenvalue weighted by Gasteiger charge is -2.03. The maximum Gasteiger partial charge on any atom is 0.164 e. The fraction of sp³-hybridized carbons (Fsp3) is 0.100. The van der Waals surface area contributed by atoms with Crippen molar-refractivity contribution in [1.82, 2.24) is 9.78 Å². The van der Waals surface area contributed by atoms with Gasteiger partial charge in [-0.3, -0.25) is 4.68 Å². The van der Waals surface area contributed by atoms with E-state index >= 15 is 0 Å². The molecule has 0 bridgehead atoms. The maximum absolute atomic E-state index is 13.4. The first kappa shape index (κ1) is 11.4. The summed E-state index contributed by atoms with van der Waals surface area (Å²) in [7, 11) is 0. The molecule has 84 valence electrons. The molecule has 2 N–H and O–H groups in total. The van der Waals surface area contributed by atoms with E-state index in [-0.39, 0.29) is 11.6 Å². The molecule has 6 heteroatoms. The van der Waals surface area contributed by atoms with E-state index in [1.807, 2.05) is 0 Å². The molecule has 0 amide bonds. The first-order chi connectivity index (χ1) is 7.56. The number of hydrogen-bond donors (Lipinski definition) is 1. The monoisotopic (exact) mass is 303 g/mol. The number of rotatable bonds is 2. The Hall–Kier alpha value is -1.07. The van der Waals surface area contributed by atoms with Gasteiger partial charge in [0.05, 0.1) is 6.54 Å². The Bertz CT molecular complexity index is 507. The predicted octanol–water partition coefficient (Wildman–Crippen LogP) is 3.07. The van der Waals surface area contributed by atoms with Gasteiger partial charge < -0.3 is 5.73 Å². The molecule has 0 aliphatic rings. The van der Waals surface area contributed by atoms with E-state index in [0.717, 1.165) is 4.47 Å². The number of hydrogen-bond acceptors (Lipinski definition) is 2.